The van der Waals surface area contributed by atoms with E-state index in [1.165, 1.54) is 6.08 Å². The molecular weight excluding hydrogens is 238 g/mol. The summed E-state index contributed by atoms with van der Waals surface area (Å²) in [5.74, 6) is -0.222. The van der Waals surface area contributed by atoms with Crippen LogP contribution in [-0.2, 0) is 9.59 Å². The van der Waals surface area contributed by atoms with Crippen LogP contribution < -0.4 is 5.32 Å². The zero-order valence-electron chi connectivity index (χ0n) is 11.6. The normalized spacial score (nSPS) is 15.7. The quantitative estimate of drug-likeness (QED) is 0.826. The van der Waals surface area contributed by atoms with Crippen molar-refractivity contribution >= 4 is 17.3 Å². The summed E-state index contributed by atoms with van der Waals surface area (Å²) in [4.78, 5) is 23.9. The number of hydrogen-bond donors (Lipinski definition) is 1. The number of anilines is 1. The summed E-state index contributed by atoms with van der Waals surface area (Å²) in [7, 11) is 0. The summed E-state index contributed by atoms with van der Waals surface area (Å²) >= 11 is 0. The minimum atomic E-state index is -0.115. The van der Waals surface area contributed by atoms with Crippen LogP contribution in [0.2, 0.25) is 0 Å². The first-order chi connectivity index (χ1) is 8.88. The average Bonchev–Trinajstić information content (AvgIpc) is 2.32. The first kappa shape index (κ1) is 13.3. The van der Waals surface area contributed by atoms with Crippen LogP contribution in [0.25, 0.3) is 0 Å². The lowest BCUT2D eigenvalue weighted by Gasteiger charge is -2.16. The van der Waals surface area contributed by atoms with Gasteiger partial charge in [0.05, 0.1) is 5.70 Å². The molecule has 1 aliphatic rings. The third kappa shape index (κ3) is 2.65. The van der Waals surface area contributed by atoms with E-state index in [1.54, 1.807) is 13.8 Å². The van der Waals surface area contributed by atoms with Gasteiger partial charge in [-0.25, -0.2) is 0 Å². The van der Waals surface area contributed by atoms with E-state index in [2.05, 4.69) is 11.4 Å². The number of aryl methyl sites for hydroxylation is 2. The van der Waals surface area contributed by atoms with Crippen LogP contribution in [0.15, 0.2) is 41.1 Å². The van der Waals surface area contributed by atoms with E-state index >= 15 is 0 Å². The van der Waals surface area contributed by atoms with E-state index in [9.17, 15) is 9.59 Å². The molecule has 2 rings (SSSR count). The molecule has 0 amide bonds. The summed E-state index contributed by atoms with van der Waals surface area (Å²) in [5, 5.41) is 3.05. The van der Waals surface area contributed by atoms with Crippen molar-refractivity contribution in [1.29, 1.82) is 0 Å². The van der Waals surface area contributed by atoms with Crippen molar-refractivity contribution in [2.24, 2.45) is 0 Å². The van der Waals surface area contributed by atoms with E-state index in [-0.39, 0.29) is 11.6 Å². The Hall–Kier alpha value is -2.16. The van der Waals surface area contributed by atoms with Gasteiger partial charge < -0.3 is 5.32 Å². The van der Waals surface area contributed by atoms with Gasteiger partial charge >= 0.3 is 0 Å². The van der Waals surface area contributed by atoms with Gasteiger partial charge in [0.2, 0.25) is 5.78 Å². The molecule has 0 saturated heterocycles. The third-order valence-corrected chi connectivity index (χ3v) is 3.29. The van der Waals surface area contributed by atoms with Crippen LogP contribution in [0, 0.1) is 13.8 Å². The van der Waals surface area contributed by atoms with E-state index in [4.69, 9.17) is 0 Å². The summed E-state index contributed by atoms with van der Waals surface area (Å²) in [5.41, 5.74) is 4.44. The Labute approximate surface area is 113 Å². The Balaban J connectivity index is 2.32. The molecule has 1 aliphatic carbocycles. The predicted molar refractivity (Wildman–Crippen MR) is 76.0 cm³/mol. The highest BCUT2D eigenvalue weighted by Crippen LogP contribution is 2.22. The fourth-order valence-electron chi connectivity index (χ4n) is 2.16. The van der Waals surface area contributed by atoms with Gasteiger partial charge in [0.1, 0.15) is 0 Å². The molecule has 0 bridgehead atoms. The van der Waals surface area contributed by atoms with Gasteiger partial charge in [-0.2, -0.15) is 0 Å². The Bertz CT molecular complexity index is 616. The summed E-state index contributed by atoms with van der Waals surface area (Å²) in [6.45, 7) is 7.36. The number of rotatable bonds is 2. The minimum absolute atomic E-state index is 0.107. The molecule has 0 fully saturated rings. The molecule has 1 aromatic rings. The molecule has 1 N–H and O–H groups in total. The van der Waals surface area contributed by atoms with Crippen molar-refractivity contribution in [3.8, 4) is 0 Å². The van der Waals surface area contributed by atoms with Gasteiger partial charge in [-0.15, -0.1) is 0 Å². The van der Waals surface area contributed by atoms with Crippen molar-refractivity contribution in [2.75, 3.05) is 5.32 Å². The number of hydrogen-bond acceptors (Lipinski definition) is 3. The maximum atomic E-state index is 12.1. The van der Waals surface area contributed by atoms with Gasteiger partial charge in [-0.05, 0) is 51.0 Å². The van der Waals surface area contributed by atoms with Crippen LogP contribution in [0.5, 0.6) is 0 Å². The molecule has 0 spiro atoms. The highest BCUT2D eigenvalue weighted by atomic mass is 16.1. The van der Waals surface area contributed by atoms with Gasteiger partial charge in [0, 0.05) is 22.9 Å². The molecular formula is C16H17NO2. The van der Waals surface area contributed by atoms with E-state index in [0.717, 1.165) is 16.8 Å². The molecule has 19 heavy (non-hydrogen) atoms. The second kappa shape index (κ2) is 4.84. The van der Waals surface area contributed by atoms with E-state index < -0.39 is 0 Å². The minimum Gasteiger partial charge on any atom is -0.352 e. The summed E-state index contributed by atoms with van der Waals surface area (Å²) < 4.78 is 0. The van der Waals surface area contributed by atoms with Crippen molar-refractivity contribution in [1.82, 2.24) is 0 Å². The maximum Gasteiger partial charge on any atom is 0.205 e. The second-order valence-electron chi connectivity index (χ2n) is 5.00. The predicted octanol–water partition coefficient (Wildman–Crippen LogP) is 3.09. The second-order valence-corrected chi connectivity index (χ2v) is 5.00. The fraction of sp³-hybridized carbons (Fsp3) is 0.250. The van der Waals surface area contributed by atoms with Crippen molar-refractivity contribution in [3.63, 3.8) is 0 Å². The largest absolute Gasteiger partial charge is 0.352 e. The molecule has 0 saturated carbocycles. The fourth-order valence-corrected chi connectivity index (χ4v) is 2.16. The first-order valence-electron chi connectivity index (χ1n) is 6.22. The zero-order chi connectivity index (χ0) is 14.2. The number of benzene rings is 1. The summed E-state index contributed by atoms with van der Waals surface area (Å²) in [6.07, 6.45) is 1.38. The number of ketones is 2. The molecule has 0 atom stereocenters. The van der Waals surface area contributed by atoms with Crippen LogP contribution in [0.4, 0.5) is 5.69 Å². The first-order valence-corrected chi connectivity index (χ1v) is 6.22. The van der Waals surface area contributed by atoms with Crippen molar-refractivity contribution < 1.29 is 9.59 Å². The Morgan fingerprint density at radius 2 is 1.42 bits per heavy atom. The lowest BCUT2D eigenvalue weighted by Crippen LogP contribution is -2.21. The van der Waals surface area contributed by atoms with Gasteiger partial charge in [0.15, 0.2) is 5.78 Å². The molecule has 0 unspecified atom stereocenters. The smallest absolute Gasteiger partial charge is 0.205 e. The molecule has 3 heteroatoms. The topological polar surface area (TPSA) is 46.2 Å². The number of carbonyl (C=O) groups excluding carboxylic acids is 2. The Morgan fingerprint density at radius 1 is 0.842 bits per heavy atom. The van der Waals surface area contributed by atoms with E-state index in [0.29, 0.717) is 16.8 Å². The molecule has 0 radical (unpaired) electrons. The van der Waals surface area contributed by atoms with Crippen molar-refractivity contribution in [3.05, 3.63) is 52.2 Å². The maximum absolute atomic E-state index is 12.1. The Morgan fingerprint density at radius 3 is 2.00 bits per heavy atom. The van der Waals surface area contributed by atoms with Crippen molar-refractivity contribution in [2.45, 2.75) is 27.7 Å². The van der Waals surface area contributed by atoms with Crippen LogP contribution in [0.1, 0.15) is 25.0 Å². The van der Waals surface area contributed by atoms with Crippen LogP contribution >= 0.6 is 0 Å². The Kier molecular flexibility index (Phi) is 3.38. The third-order valence-electron chi connectivity index (χ3n) is 3.29. The lowest BCUT2D eigenvalue weighted by atomic mass is 9.95. The monoisotopic (exact) mass is 255 g/mol. The van der Waals surface area contributed by atoms with Gasteiger partial charge in [-0.1, -0.05) is 6.07 Å². The van der Waals surface area contributed by atoms with Crippen LogP contribution in [0.3, 0.4) is 0 Å². The molecule has 98 valence electrons. The molecule has 1 aromatic carbocycles. The standard InChI is InChI=1S/C16H17NO2/c1-9-5-10(2)7-13(6-9)17-14-8-15(18)11(3)12(4)16(14)19/h5-8,17H,1-4H3. The molecule has 0 heterocycles. The van der Waals surface area contributed by atoms with E-state index in [1.807, 2.05) is 26.0 Å². The van der Waals surface area contributed by atoms with Crippen LogP contribution in [-0.4, -0.2) is 11.6 Å². The SMILES string of the molecule is CC1=C(C)C(=O)C(Nc2cc(C)cc(C)c2)=CC1=O. The lowest BCUT2D eigenvalue weighted by molar-refractivity contribution is -0.115. The highest BCUT2D eigenvalue weighted by molar-refractivity contribution is 6.23. The van der Waals surface area contributed by atoms with Gasteiger partial charge in [0.25, 0.3) is 0 Å². The number of carbonyl (C=O) groups is 2. The highest BCUT2D eigenvalue weighted by Gasteiger charge is 2.23. The number of nitrogens with one attached hydrogen (secondary N) is 1. The molecule has 0 aromatic heterocycles. The molecule has 3 nitrogen and oxygen atoms in total. The number of allylic oxidation sites excluding steroid dienone is 3. The molecule has 0 aliphatic heterocycles. The zero-order valence-corrected chi connectivity index (χ0v) is 11.6. The summed E-state index contributed by atoms with van der Waals surface area (Å²) in [6, 6.07) is 5.96. The number of Topliss-reactive ketones (excluding diaryl/α,β-unsaturated/α-hetero) is 1. The van der Waals surface area contributed by atoms with Gasteiger partial charge in [-0.3, -0.25) is 9.59 Å². The average molecular weight is 255 g/mol.